The molecular formula is C55H35N. The van der Waals surface area contributed by atoms with Gasteiger partial charge in [0.25, 0.3) is 0 Å². The fourth-order valence-electron chi connectivity index (χ4n) is 10.2. The Labute approximate surface area is 325 Å². The van der Waals surface area contributed by atoms with Crippen molar-refractivity contribution in [1.82, 2.24) is 4.57 Å². The molecule has 0 saturated heterocycles. The SMILES string of the molecule is c1ccc(-c2ccc3ccc4c(-c5ccc6c(c5)c5c(n6-c6ccccc6)-c6ccccc6C5(c5ccccc5)c5ccccc5)ccc5ccc2c3c54)cc1. The molecule has 0 amide bonds. The van der Waals surface area contributed by atoms with E-state index in [9.17, 15) is 0 Å². The average molecular weight is 710 g/mol. The third kappa shape index (κ3) is 4.20. The molecule has 0 saturated carbocycles. The maximum atomic E-state index is 2.51. The molecule has 260 valence electrons. The highest BCUT2D eigenvalue weighted by Gasteiger charge is 2.49. The van der Waals surface area contributed by atoms with E-state index in [2.05, 4.69) is 217 Å². The van der Waals surface area contributed by atoms with Crippen molar-refractivity contribution in [2.24, 2.45) is 0 Å². The van der Waals surface area contributed by atoms with Crippen LogP contribution in [0.4, 0.5) is 0 Å². The maximum Gasteiger partial charge on any atom is 0.0735 e. The molecule has 0 bridgehead atoms. The van der Waals surface area contributed by atoms with Crippen molar-refractivity contribution in [1.29, 1.82) is 0 Å². The van der Waals surface area contributed by atoms with Gasteiger partial charge in [-0.1, -0.05) is 188 Å². The molecule has 56 heavy (non-hydrogen) atoms. The molecule has 10 aromatic carbocycles. The van der Waals surface area contributed by atoms with E-state index in [0.717, 1.165) is 5.69 Å². The Hall–Kier alpha value is -7.22. The van der Waals surface area contributed by atoms with Crippen LogP contribution in [0.1, 0.15) is 22.3 Å². The number of para-hydroxylation sites is 1. The number of nitrogens with zero attached hydrogens (tertiary/aromatic N) is 1. The molecule has 11 aromatic rings. The van der Waals surface area contributed by atoms with Gasteiger partial charge < -0.3 is 4.57 Å². The molecule has 0 unspecified atom stereocenters. The summed E-state index contributed by atoms with van der Waals surface area (Å²) in [5.41, 5.74) is 14.6. The standard InChI is InChI=1S/C55H35N/c1-5-15-36(16-6-1)43-30-25-37-28-33-46-44(31-26-38-27-32-45(43)51(37)52(38)46)39-29-34-50-48(35-39)53-54(56(50)42-21-11-4-12-22-42)47-23-13-14-24-49(47)55(53,40-17-7-2-8-18-40)41-19-9-3-10-20-41/h1-35H. The molecule has 0 aliphatic heterocycles. The van der Waals surface area contributed by atoms with Crippen molar-refractivity contribution >= 4 is 43.2 Å². The van der Waals surface area contributed by atoms with Gasteiger partial charge in [-0.05, 0) is 95.5 Å². The van der Waals surface area contributed by atoms with Gasteiger partial charge in [-0.2, -0.15) is 0 Å². The van der Waals surface area contributed by atoms with E-state index in [-0.39, 0.29) is 0 Å². The monoisotopic (exact) mass is 709 g/mol. The molecule has 1 nitrogen and oxygen atoms in total. The molecule has 1 heteroatoms. The van der Waals surface area contributed by atoms with E-state index in [1.165, 1.54) is 99.0 Å². The lowest BCUT2D eigenvalue weighted by atomic mass is 9.67. The first-order valence-corrected chi connectivity index (χ1v) is 19.5. The molecule has 12 rings (SSSR count). The van der Waals surface area contributed by atoms with Crippen molar-refractivity contribution in [3.8, 4) is 39.2 Å². The third-order valence-electron chi connectivity index (χ3n) is 12.4. The zero-order valence-electron chi connectivity index (χ0n) is 30.7. The van der Waals surface area contributed by atoms with Crippen LogP contribution in [0.3, 0.4) is 0 Å². The summed E-state index contributed by atoms with van der Waals surface area (Å²) in [6.45, 7) is 0. The number of rotatable bonds is 5. The lowest BCUT2D eigenvalue weighted by molar-refractivity contribution is 0.775. The molecule has 0 radical (unpaired) electrons. The molecule has 0 spiro atoms. The van der Waals surface area contributed by atoms with Crippen LogP contribution in [-0.4, -0.2) is 4.57 Å². The normalized spacial score (nSPS) is 13.1. The summed E-state index contributed by atoms with van der Waals surface area (Å²) >= 11 is 0. The minimum Gasteiger partial charge on any atom is -0.309 e. The quantitative estimate of drug-likeness (QED) is 0.157. The highest BCUT2D eigenvalue weighted by Crippen LogP contribution is 2.60. The number of benzene rings is 10. The predicted molar refractivity (Wildman–Crippen MR) is 235 cm³/mol. The van der Waals surface area contributed by atoms with E-state index >= 15 is 0 Å². The Bertz CT molecular complexity index is 3230. The van der Waals surface area contributed by atoms with Gasteiger partial charge in [0.2, 0.25) is 0 Å². The number of hydrogen-bond donors (Lipinski definition) is 0. The van der Waals surface area contributed by atoms with Crippen molar-refractivity contribution in [3.63, 3.8) is 0 Å². The summed E-state index contributed by atoms with van der Waals surface area (Å²) in [6, 6.07) is 78.8. The summed E-state index contributed by atoms with van der Waals surface area (Å²) in [5, 5.41) is 9.06. The zero-order valence-corrected chi connectivity index (χ0v) is 30.7. The molecule has 1 aliphatic carbocycles. The highest BCUT2D eigenvalue weighted by atomic mass is 15.0. The van der Waals surface area contributed by atoms with E-state index in [0.29, 0.717) is 0 Å². The van der Waals surface area contributed by atoms with Gasteiger partial charge in [0.15, 0.2) is 0 Å². The summed E-state index contributed by atoms with van der Waals surface area (Å²) in [4.78, 5) is 0. The summed E-state index contributed by atoms with van der Waals surface area (Å²) in [6.07, 6.45) is 0. The van der Waals surface area contributed by atoms with Crippen LogP contribution in [0.25, 0.3) is 82.4 Å². The van der Waals surface area contributed by atoms with Crippen molar-refractivity contribution in [2.75, 3.05) is 0 Å². The molecule has 0 atom stereocenters. The van der Waals surface area contributed by atoms with E-state index in [1.807, 2.05) is 0 Å². The first-order chi connectivity index (χ1) is 27.8. The Morgan fingerprint density at radius 1 is 0.357 bits per heavy atom. The van der Waals surface area contributed by atoms with Crippen LogP contribution in [-0.2, 0) is 5.41 Å². The van der Waals surface area contributed by atoms with Crippen molar-refractivity contribution in [3.05, 3.63) is 235 Å². The topological polar surface area (TPSA) is 4.93 Å². The largest absolute Gasteiger partial charge is 0.309 e. The number of hydrogen-bond acceptors (Lipinski definition) is 0. The zero-order chi connectivity index (χ0) is 36.8. The summed E-state index contributed by atoms with van der Waals surface area (Å²) < 4.78 is 2.51. The van der Waals surface area contributed by atoms with Crippen LogP contribution in [0, 0.1) is 0 Å². The van der Waals surface area contributed by atoms with Gasteiger partial charge in [0.1, 0.15) is 0 Å². The van der Waals surface area contributed by atoms with Crippen LogP contribution >= 0.6 is 0 Å². The lowest BCUT2D eigenvalue weighted by Crippen LogP contribution is -2.28. The predicted octanol–water partition coefficient (Wildman–Crippen LogP) is 14.2. The smallest absolute Gasteiger partial charge is 0.0735 e. The van der Waals surface area contributed by atoms with Crippen LogP contribution in [0.5, 0.6) is 0 Å². The Morgan fingerprint density at radius 2 is 0.875 bits per heavy atom. The maximum absolute atomic E-state index is 2.51. The second-order valence-corrected chi connectivity index (χ2v) is 15.2. The van der Waals surface area contributed by atoms with Gasteiger partial charge in [-0.3, -0.25) is 0 Å². The lowest BCUT2D eigenvalue weighted by Gasteiger charge is -2.33. The minimum absolute atomic E-state index is 0.526. The van der Waals surface area contributed by atoms with Crippen LogP contribution < -0.4 is 0 Å². The average Bonchev–Trinajstić information content (AvgIpc) is 3.77. The minimum atomic E-state index is -0.526. The fourth-order valence-corrected chi connectivity index (χ4v) is 10.2. The fraction of sp³-hybridized carbons (Fsp3) is 0.0182. The molecule has 0 N–H and O–H groups in total. The Kier molecular flexibility index (Phi) is 6.62. The first kappa shape index (κ1) is 31.2. The van der Waals surface area contributed by atoms with E-state index < -0.39 is 5.41 Å². The van der Waals surface area contributed by atoms with Crippen LogP contribution in [0.15, 0.2) is 212 Å². The van der Waals surface area contributed by atoms with Crippen molar-refractivity contribution < 1.29 is 0 Å². The molecule has 1 heterocycles. The summed E-state index contributed by atoms with van der Waals surface area (Å²) in [7, 11) is 0. The van der Waals surface area contributed by atoms with Crippen LogP contribution in [0.2, 0.25) is 0 Å². The molecule has 0 fully saturated rings. The van der Waals surface area contributed by atoms with Crippen molar-refractivity contribution in [2.45, 2.75) is 5.41 Å². The van der Waals surface area contributed by atoms with E-state index in [4.69, 9.17) is 0 Å². The Balaban J connectivity index is 1.19. The molecular weight excluding hydrogens is 675 g/mol. The van der Waals surface area contributed by atoms with Gasteiger partial charge in [-0.15, -0.1) is 0 Å². The second-order valence-electron chi connectivity index (χ2n) is 15.2. The van der Waals surface area contributed by atoms with Gasteiger partial charge in [-0.25, -0.2) is 0 Å². The number of fused-ring (bicyclic) bond motifs is 5. The molecule has 1 aliphatic rings. The third-order valence-corrected chi connectivity index (χ3v) is 12.4. The number of aromatic nitrogens is 1. The summed E-state index contributed by atoms with van der Waals surface area (Å²) in [5.74, 6) is 0. The molecule has 1 aromatic heterocycles. The van der Waals surface area contributed by atoms with E-state index in [1.54, 1.807) is 0 Å². The van der Waals surface area contributed by atoms with Gasteiger partial charge >= 0.3 is 0 Å². The highest BCUT2D eigenvalue weighted by molar-refractivity contribution is 6.27. The first-order valence-electron chi connectivity index (χ1n) is 19.5. The van der Waals surface area contributed by atoms with Gasteiger partial charge in [0.05, 0.1) is 16.6 Å². The van der Waals surface area contributed by atoms with Gasteiger partial charge in [0, 0.05) is 22.2 Å². The Morgan fingerprint density at radius 3 is 1.50 bits per heavy atom. The second kappa shape index (κ2) is 11.9.